The van der Waals surface area contributed by atoms with Crippen molar-refractivity contribution >= 4 is 0 Å². The second-order valence-electron chi connectivity index (χ2n) is 4.17. The van der Waals surface area contributed by atoms with Gasteiger partial charge < -0.3 is 15.4 Å². The molecule has 3 nitrogen and oxygen atoms in total. The number of nitrogens with zero attached hydrogens (tertiary/aromatic N) is 1. The monoisotopic (exact) mass is 200 g/mol. The zero-order valence-electron chi connectivity index (χ0n) is 9.37. The smallest absolute Gasteiger partial charge is 0.0594 e. The second kappa shape index (κ2) is 7.21. The van der Waals surface area contributed by atoms with E-state index >= 15 is 0 Å². The minimum absolute atomic E-state index is 0.632. The van der Waals surface area contributed by atoms with Gasteiger partial charge in [-0.05, 0) is 19.9 Å². The lowest BCUT2D eigenvalue weighted by Crippen LogP contribution is -2.35. The molecule has 1 rings (SSSR count). The lowest BCUT2D eigenvalue weighted by Gasteiger charge is -2.30. The molecule has 0 unspecified atom stereocenters. The number of nitrogens with two attached hydrogens (primary N) is 1. The molecule has 0 aliphatic heterocycles. The van der Waals surface area contributed by atoms with Crippen LogP contribution in [0, 0.1) is 0 Å². The van der Waals surface area contributed by atoms with E-state index < -0.39 is 0 Å². The van der Waals surface area contributed by atoms with Gasteiger partial charge in [-0.25, -0.2) is 0 Å². The van der Waals surface area contributed by atoms with E-state index in [2.05, 4.69) is 11.9 Å². The van der Waals surface area contributed by atoms with Gasteiger partial charge >= 0.3 is 0 Å². The standard InChI is InChI=1S/C11H24N2O/c1-13(8-10-14-9-7-12)11-5-3-2-4-6-11/h11H,2-10,12H2,1H3. The maximum atomic E-state index is 5.38. The quantitative estimate of drug-likeness (QED) is 0.655. The van der Waals surface area contributed by atoms with Gasteiger partial charge in [-0.2, -0.15) is 0 Å². The maximum absolute atomic E-state index is 5.38. The first-order valence-electron chi connectivity index (χ1n) is 5.82. The number of hydrogen-bond acceptors (Lipinski definition) is 3. The Kier molecular flexibility index (Phi) is 6.15. The van der Waals surface area contributed by atoms with Gasteiger partial charge in [-0.15, -0.1) is 0 Å². The minimum Gasteiger partial charge on any atom is -0.379 e. The molecule has 0 saturated heterocycles. The molecule has 1 saturated carbocycles. The van der Waals surface area contributed by atoms with Crippen LogP contribution in [-0.2, 0) is 4.74 Å². The molecule has 0 radical (unpaired) electrons. The summed E-state index contributed by atoms with van der Waals surface area (Å²) in [7, 11) is 2.21. The van der Waals surface area contributed by atoms with E-state index in [0.29, 0.717) is 13.2 Å². The topological polar surface area (TPSA) is 38.5 Å². The highest BCUT2D eigenvalue weighted by Crippen LogP contribution is 2.21. The average molecular weight is 200 g/mol. The number of ether oxygens (including phenoxy) is 1. The van der Waals surface area contributed by atoms with E-state index in [4.69, 9.17) is 10.5 Å². The number of likely N-dealkylation sites (N-methyl/N-ethyl adjacent to an activating group) is 1. The average Bonchev–Trinajstić information content (AvgIpc) is 2.25. The van der Waals surface area contributed by atoms with Gasteiger partial charge in [0.25, 0.3) is 0 Å². The van der Waals surface area contributed by atoms with E-state index in [1.807, 2.05) is 0 Å². The van der Waals surface area contributed by atoms with Crippen LogP contribution in [-0.4, -0.2) is 44.3 Å². The molecule has 14 heavy (non-hydrogen) atoms. The summed E-state index contributed by atoms with van der Waals surface area (Å²) in [5, 5.41) is 0. The van der Waals surface area contributed by atoms with Crippen molar-refractivity contribution in [1.82, 2.24) is 4.90 Å². The first-order valence-corrected chi connectivity index (χ1v) is 5.82. The van der Waals surface area contributed by atoms with Gasteiger partial charge in [0.1, 0.15) is 0 Å². The zero-order valence-corrected chi connectivity index (χ0v) is 9.37. The van der Waals surface area contributed by atoms with Gasteiger partial charge in [0.05, 0.1) is 13.2 Å². The maximum Gasteiger partial charge on any atom is 0.0594 e. The van der Waals surface area contributed by atoms with Crippen molar-refractivity contribution in [3.8, 4) is 0 Å². The van der Waals surface area contributed by atoms with Crippen LogP contribution in [0.4, 0.5) is 0 Å². The fourth-order valence-electron chi connectivity index (χ4n) is 2.10. The molecule has 0 bridgehead atoms. The Morgan fingerprint density at radius 3 is 2.57 bits per heavy atom. The molecule has 0 spiro atoms. The fourth-order valence-corrected chi connectivity index (χ4v) is 2.10. The molecule has 2 N–H and O–H groups in total. The van der Waals surface area contributed by atoms with Gasteiger partial charge in [0.15, 0.2) is 0 Å². The van der Waals surface area contributed by atoms with Crippen molar-refractivity contribution in [1.29, 1.82) is 0 Å². The number of rotatable bonds is 6. The van der Waals surface area contributed by atoms with E-state index in [1.165, 1.54) is 32.1 Å². The van der Waals surface area contributed by atoms with E-state index in [9.17, 15) is 0 Å². The summed E-state index contributed by atoms with van der Waals surface area (Å²) in [6.45, 7) is 3.19. The van der Waals surface area contributed by atoms with Gasteiger partial charge in [0, 0.05) is 19.1 Å². The molecule has 0 amide bonds. The van der Waals surface area contributed by atoms with Crippen LogP contribution in [0.2, 0.25) is 0 Å². The molecule has 84 valence electrons. The summed E-state index contributed by atoms with van der Waals surface area (Å²) >= 11 is 0. The Morgan fingerprint density at radius 2 is 1.93 bits per heavy atom. The minimum atomic E-state index is 0.632. The lowest BCUT2D eigenvalue weighted by molar-refractivity contribution is 0.0942. The second-order valence-corrected chi connectivity index (χ2v) is 4.17. The normalized spacial score (nSPS) is 19.1. The molecule has 0 aromatic heterocycles. The molecule has 1 fully saturated rings. The summed E-state index contributed by atoms with van der Waals surface area (Å²) in [5.41, 5.74) is 5.35. The van der Waals surface area contributed by atoms with Crippen LogP contribution in [0.15, 0.2) is 0 Å². The molecule has 1 aliphatic carbocycles. The summed E-state index contributed by atoms with van der Waals surface area (Å²) < 4.78 is 5.38. The fraction of sp³-hybridized carbons (Fsp3) is 1.00. The molecular formula is C11H24N2O. The molecule has 0 aromatic rings. The third kappa shape index (κ3) is 4.40. The third-order valence-electron chi connectivity index (χ3n) is 3.05. The largest absolute Gasteiger partial charge is 0.379 e. The first kappa shape index (κ1) is 12.0. The zero-order chi connectivity index (χ0) is 10.2. The summed E-state index contributed by atoms with van der Waals surface area (Å²) in [5.74, 6) is 0. The predicted octanol–water partition coefficient (Wildman–Crippen LogP) is 1.23. The summed E-state index contributed by atoms with van der Waals surface area (Å²) in [6.07, 6.45) is 6.96. The summed E-state index contributed by atoms with van der Waals surface area (Å²) in [4.78, 5) is 2.44. The van der Waals surface area contributed by atoms with E-state index in [1.54, 1.807) is 0 Å². The Hall–Kier alpha value is -0.120. The molecule has 0 heterocycles. The lowest BCUT2D eigenvalue weighted by atomic mass is 9.94. The molecule has 3 heteroatoms. The van der Waals surface area contributed by atoms with Crippen LogP contribution < -0.4 is 5.73 Å². The molecule has 0 atom stereocenters. The van der Waals surface area contributed by atoms with Crippen molar-refractivity contribution in [2.45, 2.75) is 38.1 Å². The van der Waals surface area contributed by atoms with Crippen molar-refractivity contribution in [2.24, 2.45) is 5.73 Å². The summed E-state index contributed by atoms with van der Waals surface area (Å²) in [6, 6.07) is 0.797. The predicted molar refractivity (Wildman–Crippen MR) is 59.4 cm³/mol. The van der Waals surface area contributed by atoms with Crippen LogP contribution in [0.3, 0.4) is 0 Å². The molecule has 0 aromatic carbocycles. The highest BCUT2D eigenvalue weighted by molar-refractivity contribution is 4.73. The van der Waals surface area contributed by atoms with Crippen molar-refractivity contribution in [2.75, 3.05) is 33.4 Å². The van der Waals surface area contributed by atoms with Crippen molar-refractivity contribution in [3.63, 3.8) is 0 Å². The van der Waals surface area contributed by atoms with E-state index in [-0.39, 0.29) is 0 Å². The Morgan fingerprint density at radius 1 is 1.21 bits per heavy atom. The first-order chi connectivity index (χ1) is 6.84. The van der Waals surface area contributed by atoms with Crippen LogP contribution in [0.5, 0.6) is 0 Å². The van der Waals surface area contributed by atoms with Crippen molar-refractivity contribution < 1.29 is 4.74 Å². The van der Waals surface area contributed by atoms with Gasteiger partial charge in [0.2, 0.25) is 0 Å². The molecule has 1 aliphatic rings. The van der Waals surface area contributed by atoms with Crippen LogP contribution in [0.25, 0.3) is 0 Å². The highest BCUT2D eigenvalue weighted by atomic mass is 16.5. The third-order valence-corrected chi connectivity index (χ3v) is 3.05. The van der Waals surface area contributed by atoms with Crippen molar-refractivity contribution in [3.05, 3.63) is 0 Å². The SMILES string of the molecule is CN(CCOCCN)C1CCCCC1. The number of hydrogen-bond donors (Lipinski definition) is 1. The molecular weight excluding hydrogens is 176 g/mol. The Balaban J connectivity index is 2.04. The van der Waals surface area contributed by atoms with Gasteiger partial charge in [-0.1, -0.05) is 19.3 Å². The Bertz CT molecular complexity index is 135. The van der Waals surface area contributed by atoms with E-state index in [0.717, 1.165) is 19.2 Å². The van der Waals surface area contributed by atoms with Gasteiger partial charge in [-0.3, -0.25) is 0 Å². The highest BCUT2D eigenvalue weighted by Gasteiger charge is 2.17. The Labute approximate surface area is 87.6 Å². The van der Waals surface area contributed by atoms with Crippen LogP contribution >= 0.6 is 0 Å². The van der Waals surface area contributed by atoms with Crippen LogP contribution in [0.1, 0.15) is 32.1 Å².